The molecule has 0 amide bonds. The molecule has 0 aliphatic rings. The molecule has 0 fully saturated rings. The van der Waals surface area contributed by atoms with Gasteiger partial charge in [-0.1, -0.05) is 13.8 Å². The van der Waals surface area contributed by atoms with Crippen LogP contribution < -0.4 is 0 Å². The Bertz CT molecular complexity index is 212. The topological polar surface area (TPSA) is 44.8 Å². The first-order chi connectivity index (χ1) is 6.27. The minimum absolute atomic E-state index is 0.898. The van der Waals surface area contributed by atoms with Gasteiger partial charge in [-0.25, -0.2) is 13.3 Å². The summed E-state index contributed by atoms with van der Waals surface area (Å²) in [5.74, 6) is -3.95. The molecule has 0 heterocycles. The first-order valence-corrected chi connectivity index (χ1v) is 5.47. The molecule has 14 heavy (non-hydrogen) atoms. The van der Waals surface area contributed by atoms with Gasteiger partial charge in [-0.3, -0.25) is 13.6 Å². The van der Waals surface area contributed by atoms with E-state index in [1.807, 2.05) is 0 Å². The third kappa shape index (κ3) is 4.00. The number of halogens is 2. The Morgan fingerprint density at radius 1 is 1.29 bits per heavy atom. The third-order valence-electron chi connectivity index (χ3n) is 1.71. The van der Waals surface area contributed by atoms with E-state index in [1.165, 1.54) is 13.8 Å². The van der Waals surface area contributed by atoms with Crippen LogP contribution in [0.25, 0.3) is 0 Å². The molecule has 86 valence electrons. The molecule has 0 saturated heterocycles. The fraction of sp³-hybridized carbons (Fsp3) is 1.00. The molecular weight excluding hydrogens is 217 g/mol. The number of phosphoric ester groups is 1. The van der Waals surface area contributed by atoms with Crippen molar-refractivity contribution in [2.24, 2.45) is 5.92 Å². The van der Waals surface area contributed by atoms with Gasteiger partial charge in [-0.2, -0.15) is 0 Å². The van der Waals surface area contributed by atoms with Crippen LogP contribution in [0.3, 0.4) is 0 Å². The van der Waals surface area contributed by atoms with Crippen LogP contribution in [-0.2, 0) is 18.1 Å². The SMILES string of the molecule is COP(=O)(OC)OCC(F)(F)C(C)C. The smallest absolute Gasteiger partial charge is 0.290 e. The maximum atomic E-state index is 13.0. The summed E-state index contributed by atoms with van der Waals surface area (Å²) in [6, 6.07) is 0. The molecule has 0 rings (SSSR count). The zero-order valence-electron chi connectivity index (χ0n) is 8.62. The fourth-order valence-corrected chi connectivity index (χ4v) is 1.20. The molecule has 0 bridgehead atoms. The van der Waals surface area contributed by atoms with Gasteiger partial charge in [0.15, 0.2) is 0 Å². The number of rotatable bonds is 6. The van der Waals surface area contributed by atoms with Gasteiger partial charge < -0.3 is 0 Å². The molecule has 0 spiro atoms. The van der Waals surface area contributed by atoms with Crippen molar-refractivity contribution in [3.8, 4) is 0 Å². The maximum Gasteiger partial charge on any atom is 0.474 e. The summed E-state index contributed by atoms with van der Waals surface area (Å²) in [5, 5.41) is 0. The summed E-state index contributed by atoms with van der Waals surface area (Å²) in [6.07, 6.45) is 0. The second kappa shape index (κ2) is 5.16. The Hall–Kier alpha value is -0.0300. The predicted octanol–water partition coefficient (Wildman–Crippen LogP) is 2.70. The van der Waals surface area contributed by atoms with Crippen molar-refractivity contribution in [2.75, 3.05) is 20.8 Å². The van der Waals surface area contributed by atoms with Gasteiger partial charge in [0, 0.05) is 20.1 Å². The van der Waals surface area contributed by atoms with Crippen LogP contribution in [0.1, 0.15) is 13.8 Å². The summed E-state index contributed by atoms with van der Waals surface area (Å²) in [6.45, 7) is 1.70. The molecule has 0 N–H and O–H groups in total. The van der Waals surface area contributed by atoms with Crippen LogP contribution in [0.15, 0.2) is 0 Å². The van der Waals surface area contributed by atoms with E-state index in [4.69, 9.17) is 0 Å². The minimum Gasteiger partial charge on any atom is -0.290 e. The molecular formula is C7H15F2O4P. The lowest BCUT2D eigenvalue weighted by molar-refractivity contribution is -0.0858. The van der Waals surface area contributed by atoms with Gasteiger partial charge in [-0.15, -0.1) is 0 Å². The number of hydrogen-bond donors (Lipinski definition) is 0. The zero-order valence-corrected chi connectivity index (χ0v) is 9.52. The van der Waals surface area contributed by atoms with Gasteiger partial charge in [0.1, 0.15) is 6.61 Å². The molecule has 0 radical (unpaired) electrons. The van der Waals surface area contributed by atoms with Gasteiger partial charge in [0.05, 0.1) is 0 Å². The minimum atomic E-state index is -3.80. The average Bonchev–Trinajstić information content (AvgIpc) is 2.14. The van der Waals surface area contributed by atoms with E-state index in [1.54, 1.807) is 0 Å². The highest BCUT2D eigenvalue weighted by atomic mass is 31.2. The van der Waals surface area contributed by atoms with Crippen LogP contribution in [0, 0.1) is 5.92 Å². The van der Waals surface area contributed by atoms with E-state index in [-0.39, 0.29) is 0 Å². The van der Waals surface area contributed by atoms with Crippen LogP contribution in [0.4, 0.5) is 8.78 Å². The van der Waals surface area contributed by atoms with Crippen LogP contribution >= 0.6 is 7.82 Å². The molecule has 0 aromatic carbocycles. The predicted molar refractivity (Wildman–Crippen MR) is 47.4 cm³/mol. The Kier molecular flexibility index (Phi) is 5.15. The van der Waals surface area contributed by atoms with E-state index in [2.05, 4.69) is 13.6 Å². The Balaban J connectivity index is 4.24. The highest BCUT2D eigenvalue weighted by molar-refractivity contribution is 7.48. The number of hydrogen-bond acceptors (Lipinski definition) is 4. The molecule has 0 aliphatic carbocycles. The highest BCUT2D eigenvalue weighted by Crippen LogP contribution is 2.48. The molecule has 0 atom stereocenters. The molecule has 0 unspecified atom stereocenters. The first kappa shape index (κ1) is 14.0. The molecule has 0 saturated carbocycles. The Morgan fingerprint density at radius 2 is 1.71 bits per heavy atom. The summed E-state index contributed by atoms with van der Waals surface area (Å²) in [4.78, 5) is 0. The van der Waals surface area contributed by atoms with Gasteiger partial charge >= 0.3 is 7.82 Å². The van der Waals surface area contributed by atoms with Crippen molar-refractivity contribution in [1.82, 2.24) is 0 Å². The fourth-order valence-electron chi connectivity index (χ4n) is 0.512. The Labute approximate surface area is 82.2 Å². The molecule has 4 nitrogen and oxygen atoms in total. The third-order valence-corrected chi connectivity index (χ3v) is 3.05. The van der Waals surface area contributed by atoms with Crippen molar-refractivity contribution in [1.29, 1.82) is 0 Å². The summed E-state index contributed by atoms with van der Waals surface area (Å²) >= 11 is 0. The van der Waals surface area contributed by atoms with Crippen molar-refractivity contribution >= 4 is 7.82 Å². The molecule has 0 aliphatic heterocycles. The van der Waals surface area contributed by atoms with E-state index in [9.17, 15) is 13.3 Å². The molecule has 0 aromatic rings. The average molecular weight is 232 g/mol. The normalized spacial score (nSPS) is 13.6. The monoisotopic (exact) mass is 232 g/mol. The van der Waals surface area contributed by atoms with Crippen LogP contribution in [0.2, 0.25) is 0 Å². The van der Waals surface area contributed by atoms with E-state index in [0.717, 1.165) is 14.2 Å². The second-order valence-electron chi connectivity index (χ2n) is 3.00. The first-order valence-electron chi connectivity index (χ1n) is 4.01. The van der Waals surface area contributed by atoms with E-state index in [0.29, 0.717) is 0 Å². The quantitative estimate of drug-likeness (QED) is 0.660. The summed E-state index contributed by atoms with van der Waals surface area (Å²) in [7, 11) is -1.66. The summed E-state index contributed by atoms with van der Waals surface area (Å²) < 4.78 is 50.3. The van der Waals surface area contributed by atoms with Gasteiger partial charge in [0.25, 0.3) is 5.92 Å². The number of phosphoric acid groups is 1. The Morgan fingerprint density at radius 3 is 2.00 bits per heavy atom. The van der Waals surface area contributed by atoms with Crippen molar-refractivity contribution in [3.63, 3.8) is 0 Å². The van der Waals surface area contributed by atoms with Crippen LogP contribution in [-0.4, -0.2) is 26.7 Å². The van der Waals surface area contributed by atoms with Gasteiger partial charge in [0.2, 0.25) is 0 Å². The van der Waals surface area contributed by atoms with E-state index >= 15 is 0 Å². The highest BCUT2D eigenvalue weighted by Gasteiger charge is 2.37. The van der Waals surface area contributed by atoms with Crippen LogP contribution in [0.5, 0.6) is 0 Å². The standard InChI is InChI=1S/C7H15F2O4P/c1-6(2)7(8,9)5-13-14(10,11-3)12-4/h6H,5H2,1-4H3. The maximum absolute atomic E-state index is 13.0. The van der Waals surface area contributed by atoms with Gasteiger partial charge in [-0.05, 0) is 0 Å². The number of alkyl halides is 2. The molecule has 7 heteroatoms. The largest absolute Gasteiger partial charge is 0.474 e. The van der Waals surface area contributed by atoms with Crippen molar-refractivity contribution < 1.29 is 26.9 Å². The van der Waals surface area contributed by atoms with Crippen molar-refractivity contribution in [2.45, 2.75) is 19.8 Å². The van der Waals surface area contributed by atoms with Crippen molar-refractivity contribution in [3.05, 3.63) is 0 Å². The second-order valence-corrected chi connectivity index (χ2v) is 4.88. The lowest BCUT2D eigenvalue weighted by Crippen LogP contribution is -2.29. The lowest BCUT2D eigenvalue weighted by Gasteiger charge is -2.22. The summed E-state index contributed by atoms with van der Waals surface area (Å²) in [5.41, 5.74) is 0. The lowest BCUT2D eigenvalue weighted by atomic mass is 10.1. The van der Waals surface area contributed by atoms with E-state index < -0.39 is 26.3 Å². The zero-order chi connectivity index (χ0) is 11.4. The molecule has 0 aromatic heterocycles.